The summed E-state index contributed by atoms with van der Waals surface area (Å²) in [6.07, 6.45) is 2.29. The van der Waals surface area contributed by atoms with E-state index >= 15 is 0 Å². The molecule has 0 fully saturated rings. The van der Waals surface area contributed by atoms with Crippen LogP contribution >= 0.6 is 11.3 Å². The summed E-state index contributed by atoms with van der Waals surface area (Å²) in [4.78, 5) is 25.3. The Morgan fingerprint density at radius 2 is 2.04 bits per heavy atom. The maximum atomic E-state index is 12.6. The monoisotopic (exact) mass is 389 g/mol. The number of pyridine rings is 1. The van der Waals surface area contributed by atoms with Crippen molar-refractivity contribution in [2.24, 2.45) is 0 Å². The molecule has 27 heavy (non-hydrogen) atoms. The number of hydrogen-bond acceptors (Lipinski definition) is 7. The summed E-state index contributed by atoms with van der Waals surface area (Å²) >= 11 is 1.66. The van der Waals surface area contributed by atoms with Gasteiger partial charge < -0.3 is 14.7 Å². The van der Waals surface area contributed by atoms with E-state index in [1.54, 1.807) is 17.5 Å². The predicted octanol–water partition coefficient (Wildman–Crippen LogP) is 3.69. The fraction of sp³-hybridized carbons (Fsp3) is 0.550. The molecule has 1 N–H and O–H groups in total. The molecule has 7 heteroatoms. The number of thiazole rings is 1. The van der Waals surface area contributed by atoms with E-state index in [0.29, 0.717) is 13.0 Å². The van der Waals surface area contributed by atoms with Gasteiger partial charge in [-0.25, -0.2) is 9.97 Å². The Balaban J connectivity index is 1.97. The molecule has 2 aromatic heterocycles. The highest BCUT2D eigenvalue weighted by Crippen LogP contribution is 2.48. The van der Waals surface area contributed by atoms with Crippen LogP contribution in [-0.2, 0) is 27.0 Å². The summed E-state index contributed by atoms with van der Waals surface area (Å²) in [5.41, 5.74) is 1.04. The van der Waals surface area contributed by atoms with Crippen molar-refractivity contribution in [2.45, 2.75) is 58.5 Å². The normalized spacial score (nSPS) is 17.6. The van der Waals surface area contributed by atoms with Crippen molar-refractivity contribution >= 4 is 28.1 Å². The zero-order valence-electron chi connectivity index (χ0n) is 16.6. The quantitative estimate of drug-likeness (QED) is 0.760. The maximum Gasteiger partial charge on any atom is 0.191 e. The van der Waals surface area contributed by atoms with Crippen molar-refractivity contribution in [3.63, 3.8) is 0 Å². The highest BCUT2D eigenvalue weighted by Gasteiger charge is 2.46. The van der Waals surface area contributed by atoms with Gasteiger partial charge in [-0.05, 0) is 32.4 Å². The van der Waals surface area contributed by atoms with Gasteiger partial charge in [-0.15, -0.1) is 11.3 Å². The Bertz CT molecular complexity index is 827. The molecule has 0 aliphatic heterocycles. The van der Waals surface area contributed by atoms with Gasteiger partial charge in [-0.1, -0.05) is 19.9 Å². The van der Waals surface area contributed by atoms with Gasteiger partial charge in [0, 0.05) is 29.5 Å². The van der Waals surface area contributed by atoms with Gasteiger partial charge in [0.05, 0.1) is 17.7 Å². The second-order valence-electron chi connectivity index (χ2n) is 8.03. The molecule has 0 unspecified atom stereocenters. The number of aliphatic hydroxyl groups is 1. The third-order valence-electron chi connectivity index (χ3n) is 5.11. The SMILES string of the molecule is CCN(c1ccc(COCO)cn1)c1nc2c(s1)C(C)(C)CC(=O)C2(C)C. The summed E-state index contributed by atoms with van der Waals surface area (Å²) in [5.74, 6) is 1.05. The van der Waals surface area contributed by atoms with Gasteiger partial charge in [-0.3, -0.25) is 4.79 Å². The van der Waals surface area contributed by atoms with Crippen LogP contribution in [0, 0.1) is 0 Å². The molecule has 0 aromatic carbocycles. The number of anilines is 2. The number of nitrogens with zero attached hydrogens (tertiary/aromatic N) is 3. The second kappa shape index (κ2) is 7.30. The van der Waals surface area contributed by atoms with E-state index in [2.05, 4.69) is 30.7 Å². The Morgan fingerprint density at radius 3 is 2.63 bits per heavy atom. The molecule has 0 spiro atoms. The number of fused-ring (bicyclic) bond motifs is 1. The molecule has 6 nitrogen and oxygen atoms in total. The first-order valence-corrected chi connectivity index (χ1v) is 9.98. The van der Waals surface area contributed by atoms with Gasteiger partial charge in [0.25, 0.3) is 0 Å². The molecule has 1 aliphatic rings. The highest BCUT2D eigenvalue weighted by molar-refractivity contribution is 7.16. The number of aliphatic hydroxyl groups excluding tert-OH is 1. The number of ketones is 1. The lowest BCUT2D eigenvalue weighted by Gasteiger charge is -2.36. The van der Waals surface area contributed by atoms with Crippen LogP contribution in [0.4, 0.5) is 10.9 Å². The van der Waals surface area contributed by atoms with E-state index in [-0.39, 0.29) is 18.0 Å². The first-order valence-electron chi connectivity index (χ1n) is 9.17. The molecule has 3 rings (SSSR count). The zero-order chi connectivity index (χ0) is 19.8. The molecule has 0 radical (unpaired) electrons. The van der Waals surface area contributed by atoms with Gasteiger partial charge in [0.1, 0.15) is 18.4 Å². The Morgan fingerprint density at radius 1 is 1.30 bits per heavy atom. The van der Waals surface area contributed by atoms with Crippen molar-refractivity contribution in [3.05, 3.63) is 34.5 Å². The number of Topliss-reactive ketones (excluding diaryl/α,β-unsaturated/α-hetero) is 1. The molecule has 0 saturated carbocycles. The summed E-state index contributed by atoms with van der Waals surface area (Å²) in [6, 6.07) is 3.87. The van der Waals surface area contributed by atoms with E-state index < -0.39 is 5.41 Å². The van der Waals surface area contributed by atoms with E-state index in [1.165, 1.54) is 4.88 Å². The number of rotatable bonds is 6. The fourth-order valence-corrected chi connectivity index (χ4v) is 4.76. The van der Waals surface area contributed by atoms with Crippen LogP contribution < -0.4 is 4.90 Å². The maximum absolute atomic E-state index is 12.6. The van der Waals surface area contributed by atoms with Crippen LogP contribution in [0.5, 0.6) is 0 Å². The van der Waals surface area contributed by atoms with Crippen LogP contribution in [0.2, 0.25) is 0 Å². The molecule has 2 aromatic rings. The minimum Gasteiger partial charge on any atom is -0.371 e. The van der Waals surface area contributed by atoms with Crippen LogP contribution in [0.3, 0.4) is 0 Å². The lowest BCUT2D eigenvalue weighted by atomic mass is 9.68. The first-order chi connectivity index (χ1) is 12.7. The van der Waals surface area contributed by atoms with E-state index in [1.807, 2.05) is 26.0 Å². The summed E-state index contributed by atoms with van der Waals surface area (Å²) in [6.45, 7) is 11.0. The van der Waals surface area contributed by atoms with Gasteiger partial charge in [0.2, 0.25) is 0 Å². The van der Waals surface area contributed by atoms with Gasteiger partial charge in [-0.2, -0.15) is 0 Å². The Labute approximate surface area is 164 Å². The average Bonchev–Trinajstić information content (AvgIpc) is 3.07. The van der Waals surface area contributed by atoms with Crippen molar-refractivity contribution in [2.75, 3.05) is 18.2 Å². The molecule has 0 atom stereocenters. The lowest BCUT2D eigenvalue weighted by Crippen LogP contribution is -2.41. The number of hydrogen-bond donors (Lipinski definition) is 1. The molecule has 2 heterocycles. The lowest BCUT2D eigenvalue weighted by molar-refractivity contribution is -0.125. The number of ether oxygens (including phenoxy) is 1. The van der Waals surface area contributed by atoms with E-state index in [4.69, 9.17) is 14.8 Å². The van der Waals surface area contributed by atoms with E-state index in [9.17, 15) is 4.79 Å². The van der Waals surface area contributed by atoms with Crippen molar-refractivity contribution in [3.8, 4) is 0 Å². The molecular weight excluding hydrogens is 362 g/mol. The van der Waals surface area contributed by atoms with Crippen molar-refractivity contribution in [1.82, 2.24) is 9.97 Å². The number of carbonyl (C=O) groups excluding carboxylic acids is 1. The number of aromatic nitrogens is 2. The second-order valence-corrected chi connectivity index (χ2v) is 9.01. The fourth-order valence-electron chi connectivity index (χ4n) is 3.36. The van der Waals surface area contributed by atoms with Gasteiger partial charge >= 0.3 is 0 Å². The molecule has 1 aliphatic carbocycles. The highest BCUT2D eigenvalue weighted by atomic mass is 32.1. The molecule has 0 bridgehead atoms. The van der Waals surface area contributed by atoms with Crippen molar-refractivity contribution < 1.29 is 14.6 Å². The van der Waals surface area contributed by atoms with Crippen LogP contribution in [0.25, 0.3) is 0 Å². The smallest absolute Gasteiger partial charge is 0.191 e. The zero-order valence-corrected chi connectivity index (χ0v) is 17.4. The number of carbonyl (C=O) groups is 1. The topological polar surface area (TPSA) is 75.6 Å². The first kappa shape index (κ1) is 19.9. The minimum absolute atomic E-state index is 0.198. The van der Waals surface area contributed by atoms with Gasteiger partial charge in [0.15, 0.2) is 5.13 Å². The standard InChI is InChI=1S/C20H27N3O3S/c1-6-23(15-8-7-13(10-21-15)11-26-12-24)18-22-16-17(27-18)19(2,3)9-14(25)20(16,4)5/h7-8,10,24H,6,9,11-12H2,1-5H3. The Hall–Kier alpha value is -1.83. The van der Waals surface area contributed by atoms with Crippen LogP contribution in [-0.4, -0.2) is 34.2 Å². The molecule has 146 valence electrons. The molecule has 0 amide bonds. The minimum atomic E-state index is -0.558. The summed E-state index contributed by atoms with van der Waals surface area (Å²) in [5, 5.41) is 9.62. The largest absolute Gasteiger partial charge is 0.371 e. The summed E-state index contributed by atoms with van der Waals surface area (Å²) < 4.78 is 5.00. The van der Waals surface area contributed by atoms with Crippen molar-refractivity contribution in [1.29, 1.82) is 0 Å². The predicted molar refractivity (Wildman–Crippen MR) is 107 cm³/mol. The summed E-state index contributed by atoms with van der Waals surface area (Å²) in [7, 11) is 0. The van der Waals surface area contributed by atoms with E-state index in [0.717, 1.165) is 28.8 Å². The van der Waals surface area contributed by atoms with Crippen LogP contribution in [0.15, 0.2) is 18.3 Å². The average molecular weight is 390 g/mol. The molecular formula is C20H27N3O3S. The molecule has 0 saturated heterocycles. The third kappa shape index (κ3) is 3.63. The third-order valence-corrected chi connectivity index (χ3v) is 6.56. The van der Waals surface area contributed by atoms with Crippen LogP contribution in [0.1, 0.15) is 57.2 Å². The Kier molecular flexibility index (Phi) is 5.38.